The van der Waals surface area contributed by atoms with Crippen LogP contribution in [0.2, 0.25) is 0 Å². The number of likely N-dealkylation sites (tertiary alicyclic amines) is 1. The molecule has 5 rings (SSSR count). The number of carbonyl (C=O) groups is 3. The lowest BCUT2D eigenvalue weighted by atomic mass is 9.75. The second-order valence-electron chi connectivity index (χ2n) is 13.3. The summed E-state index contributed by atoms with van der Waals surface area (Å²) in [7, 11) is 3.32. The zero-order chi connectivity index (χ0) is 33.4. The highest BCUT2D eigenvalue weighted by Crippen LogP contribution is 2.32. The van der Waals surface area contributed by atoms with Gasteiger partial charge >= 0.3 is 0 Å². The first-order chi connectivity index (χ1) is 22.6. The Morgan fingerprint density at radius 1 is 0.830 bits per heavy atom. The molecule has 0 aromatic heterocycles. The van der Waals surface area contributed by atoms with Crippen LogP contribution in [0.1, 0.15) is 49.7 Å². The van der Waals surface area contributed by atoms with E-state index >= 15 is 0 Å². The lowest BCUT2D eigenvalue weighted by Gasteiger charge is -2.38. The molecule has 248 valence electrons. The molecule has 0 radical (unpaired) electrons. The van der Waals surface area contributed by atoms with E-state index < -0.39 is 18.2 Å². The highest BCUT2D eigenvalue weighted by atomic mass is 16.3. The molecule has 3 N–H and O–H groups in total. The van der Waals surface area contributed by atoms with E-state index in [0.717, 1.165) is 41.5 Å². The second kappa shape index (κ2) is 15.5. The molecule has 8 nitrogen and oxygen atoms in total. The zero-order valence-electron chi connectivity index (χ0n) is 27.6. The molecule has 1 aliphatic carbocycles. The number of likely N-dealkylation sites (N-methyl/N-ethyl adjacent to an activating group) is 2. The van der Waals surface area contributed by atoms with Crippen molar-refractivity contribution >= 4 is 17.7 Å². The molecule has 0 bridgehead atoms. The number of benzene rings is 3. The largest absolute Gasteiger partial charge is 0.393 e. The van der Waals surface area contributed by atoms with Crippen molar-refractivity contribution in [2.24, 2.45) is 5.73 Å². The minimum absolute atomic E-state index is 0.148. The minimum Gasteiger partial charge on any atom is -0.393 e. The number of aliphatic hydroxyl groups is 1. The van der Waals surface area contributed by atoms with Gasteiger partial charge in [0.1, 0.15) is 12.1 Å². The van der Waals surface area contributed by atoms with Crippen molar-refractivity contribution in [3.8, 4) is 11.1 Å². The van der Waals surface area contributed by atoms with Gasteiger partial charge in [-0.15, -0.1) is 0 Å². The quantitative estimate of drug-likeness (QED) is 0.283. The van der Waals surface area contributed by atoms with Crippen molar-refractivity contribution in [1.29, 1.82) is 0 Å². The summed E-state index contributed by atoms with van der Waals surface area (Å²) in [6.07, 6.45) is 8.19. The molecule has 1 saturated carbocycles. The van der Waals surface area contributed by atoms with Crippen LogP contribution in [0.25, 0.3) is 11.1 Å². The van der Waals surface area contributed by atoms with E-state index in [2.05, 4.69) is 12.1 Å². The van der Waals surface area contributed by atoms with Gasteiger partial charge in [-0.25, -0.2) is 0 Å². The average molecular weight is 637 g/mol. The molecule has 3 aromatic rings. The molecule has 47 heavy (non-hydrogen) atoms. The maximum Gasteiger partial charge on any atom is 0.246 e. The van der Waals surface area contributed by atoms with Crippen molar-refractivity contribution < 1.29 is 19.5 Å². The smallest absolute Gasteiger partial charge is 0.246 e. The number of amides is 3. The number of nitrogens with zero attached hydrogens (tertiary/aromatic N) is 3. The Labute approximate surface area is 278 Å². The van der Waals surface area contributed by atoms with Crippen LogP contribution < -0.4 is 5.73 Å². The summed E-state index contributed by atoms with van der Waals surface area (Å²) in [4.78, 5) is 46.9. The van der Waals surface area contributed by atoms with E-state index in [1.165, 1.54) is 15.9 Å². The predicted molar refractivity (Wildman–Crippen MR) is 185 cm³/mol. The summed E-state index contributed by atoms with van der Waals surface area (Å²) in [6.45, 7) is 0.882. The van der Waals surface area contributed by atoms with Crippen LogP contribution in [-0.4, -0.2) is 88.4 Å². The molecule has 3 aromatic carbocycles. The number of aliphatic hydroxyl groups excluding tert-OH is 1. The molecule has 8 heteroatoms. The van der Waals surface area contributed by atoms with Gasteiger partial charge in [0.05, 0.1) is 6.10 Å². The number of hydrogen-bond acceptors (Lipinski definition) is 5. The normalized spacial score (nSPS) is 17.5. The fourth-order valence-electron chi connectivity index (χ4n) is 6.49. The topological polar surface area (TPSA) is 107 Å². The van der Waals surface area contributed by atoms with Gasteiger partial charge in [-0.2, -0.15) is 0 Å². The molecule has 3 amide bonds. The maximum absolute atomic E-state index is 14.5. The average Bonchev–Trinajstić information content (AvgIpc) is 3.09. The molecule has 1 aliphatic heterocycles. The summed E-state index contributed by atoms with van der Waals surface area (Å²) < 4.78 is 0. The van der Waals surface area contributed by atoms with E-state index in [4.69, 9.17) is 5.73 Å². The number of nitrogens with two attached hydrogens (primary N) is 1. The van der Waals surface area contributed by atoms with Crippen LogP contribution in [-0.2, 0) is 27.2 Å². The van der Waals surface area contributed by atoms with Crippen LogP contribution in [0, 0.1) is 0 Å². The fourth-order valence-corrected chi connectivity index (χ4v) is 6.49. The Balaban J connectivity index is 1.40. The van der Waals surface area contributed by atoms with Gasteiger partial charge in [0.15, 0.2) is 0 Å². The molecule has 2 atom stereocenters. The Morgan fingerprint density at radius 3 is 1.98 bits per heavy atom. The van der Waals surface area contributed by atoms with Crippen molar-refractivity contribution in [3.63, 3.8) is 0 Å². The van der Waals surface area contributed by atoms with Gasteiger partial charge in [-0.05, 0) is 66.9 Å². The van der Waals surface area contributed by atoms with Gasteiger partial charge in [-0.1, -0.05) is 91.0 Å². The first-order valence-electron chi connectivity index (χ1n) is 16.8. The molecule has 2 aliphatic rings. The molecular weight excluding hydrogens is 588 g/mol. The van der Waals surface area contributed by atoms with Crippen LogP contribution >= 0.6 is 0 Å². The maximum atomic E-state index is 14.5. The van der Waals surface area contributed by atoms with Crippen LogP contribution in [0.5, 0.6) is 0 Å². The number of rotatable bonds is 12. The molecule has 0 unspecified atom stereocenters. The molecule has 0 spiro atoms. The Hall–Kier alpha value is -4.27. The Morgan fingerprint density at radius 2 is 1.38 bits per heavy atom. The van der Waals surface area contributed by atoms with Gasteiger partial charge in [0.25, 0.3) is 0 Å². The van der Waals surface area contributed by atoms with Crippen LogP contribution in [0.4, 0.5) is 0 Å². The van der Waals surface area contributed by atoms with E-state index in [0.29, 0.717) is 38.8 Å². The SMILES string of the molecule is CN(C(=O)C=CCC1(N)CCC1)[C@H](Cc1ccc(-c2ccccc2)cc1)C(=O)N(C)[C@H](Cc1ccccc1)C(=O)N1CCC(O)CC1. The van der Waals surface area contributed by atoms with Crippen LogP contribution in [0.3, 0.4) is 0 Å². The van der Waals surface area contributed by atoms with Crippen molar-refractivity contribution in [2.45, 2.75) is 75.1 Å². The van der Waals surface area contributed by atoms with Gasteiger partial charge in [0.2, 0.25) is 17.7 Å². The molecule has 1 saturated heterocycles. The van der Waals surface area contributed by atoms with Gasteiger partial charge in [-0.3, -0.25) is 14.4 Å². The lowest BCUT2D eigenvalue weighted by molar-refractivity contribution is -0.150. The van der Waals surface area contributed by atoms with Crippen LogP contribution in [0.15, 0.2) is 97.1 Å². The van der Waals surface area contributed by atoms with E-state index in [-0.39, 0.29) is 29.7 Å². The summed E-state index contributed by atoms with van der Waals surface area (Å²) in [6, 6.07) is 26.2. The lowest BCUT2D eigenvalue weighted by Crippen LogP contribution is -2.57. The monoisotopic (exact) mass is 636 g/mol. The highest BCUT2D eigenvalue weighted by molar-refractivity contribution is 5.95. The first kappa shape index (κ1) is 34.1. The Kier molecular flexibility index (Phi) is 11.3. The van der Waals surface area contributed by atoms with Crippen molar-refractivity contribution in [3.05, 3.63) is 108 Å². The third-order valence-corrected chi connectivity index (χ3v) is 9.87. The molecule has 2 fully saturated rings. The van der Waals surface area contributed by atoms with E-state index in [1.807, 2.05) is 78.9 Å². The summed E-state index contributed by atoms with van der Waals surface area (Å²) >= 11 is 0. The van der Waals surface area contributed by atoms with Crippen molar-refractivity contribution in [1.82, 2.24) is 14.7 Å². The second-order valence-corrected chi connectivity index (χ2v) is 13.3. The van der Waals surface area contributed by atoms with Gasteiger partial charge < -0.3 is 25.5 Å². The summed E-state index contributed by atoms with van der Waals surface area (Å²) in [5.74, 6) is -0.733. The van der Waals surface area contributed by atoms with E-state index in [9.17, 15) is 19.5 Å². The third kappa shape index (κ3) is 8.76. The number of carbonyl (C=O) groups excluding carboxylic acids is 3. The summed E-state index contributed by atoms with van der Waals surface area (Å²) in [5, 5.41) is 10.1. The minimum atomic E-state index is -0.843. The highest BCUT2D eigenvalue weighted by Gasteiger charge is 2.37. The number of piperidine rings is 1. The third-order valence-electron chi connectivity index (χ3n) is 9.87. The zero-order valence-corrected chi connectivity index (χ0v) is 27.6. The fraction of sp³-hybridized carbons (Fsp3) is 0.410. The van der Waals surface area contributed by atoms with Gasteiger partial charge in [0, 0.05) is 45.6 Å². The summed E-state index contributed by atoms with van der Waals surface area (Å²) in [5.41, 5.74) is 10.1. The number of hydrogen-bond donors (Lipinski definition) is 2. The first-order valence-corrected chi connectivity index (χ1v) is 16.8. The molecular formula is C39H48N4O4. The standard InChI is InChI=1S/C39H48N4O4/c1-41(36(45)15-9-22-39(40)23-10-24-39)34(28-30-16-18-32(19-17-30)31-13-7-4-8-14-31)37(46)42(2)35(27-29-11-5-3-6-12-29)38(47)43-25-20-33(44)21-26-43/h3-9,11-19,33-35,44H,10,20-28,40H2,1-2H3/t34-,35-/m1/s1. The predicted octanol–water partition coefficient (Wildman–Crippen LogP) is 4.60. The van der Waals surface area contributed by atoms with Crippen molar-refractivity contribution in [2.75, 3.05) is 27.2 Å². The Bertz CT molecular complexity index is 1510. The van der Waals surface area contributed by atoms with E-state index in [1.54, 1.807) is 19.0 Å². The molecule has 1 heterocycles.